The van der Waals surface area contributed by atoms with Gasteiger partial charge >= 0.3 is 0 Å². The number of likely N-dealkylation sites (N-methyl/N-ethyl adjacent to an activating group) is 4. The van der Waals surface area contributed by atoms with Crippen LogP contribution in [0.25, 0.3) is 0 Å². The second kappa shape index (κ2) is 53.8. The average Bonchev–Trinajstić information content (AvgIpc) is 0.803. The fourth-order valence-corrected chi connectivity index (χ4v) is 20.3. The molecule has 0 atom stereocenters. The van der Waals surface area contributed by atoms with Crippen LogP contribution in [0.4, 0.5) is 87.4 Å². The Hall–Kier alpha value is -13.2. The summed E-state index contributed by atoms with van der Waals surface area (Å²) in [5.41, 5.74) is 5.89. The molecule has 4 aliphatic heterocycles. The van der Waals surface area contributed by atoms with Gasteiger partial charge in [-0.05, 0) is 278 Å². The minimum Gasteiger partial charge on any atom is -0.508 e. The van der Waals surface area contributed by atoms with Crippen molar-refractivity contribution in [1.82, 2.24) is 76.7 Å². The maximum Gasteiger partial charge on any atom is 0.243 e. The fourth-order valence-electron chi connectivity index (χ4n) is 14.6. The van der Waals surface area contributed by atoms with E-state index in [-0.39, 0.29) is 67.6 Å². The van der Waals surface area contributed by atoms with Crippen LogP contribution in [0, 0.1) is 51.0 Å². The van der Waals surface area contributed by atoms with Crippen LogP contribution >= 0.6 is 0 Å². The first-order valence-electron chi connectivity index (χ1n) is 47.0. The summed E-state index contributed by atoms with van der Waals surface area (Å²) in [6.45, 7) is 18.2. The first kappa shape index (κ1) is 113. The van der Waals surface area contributed by atoms with Crippen molar-refractivity contribution < 1.29 is 81.1 Å². The molecule has 12 aromatic rings. The Morgan fingerprint density at radius 3 is 0.651 bits per heavy atom. The molecule has 0 aliphatic carbocycles. The summed E-state index contributed by atoms with van der Waals surface area (Å²) in [7, 11) is 1.06. The van der Waals surface area contributed by atoms with Gasteiger partial charge in [0.05, 0.1) is 32.8 Å². The molecule has 4 saturated heterocycles. The number of aryl methyl sites for hydroxylation is 4. The normalized spacial score (nSPS) is 14.5. The number of ether oxygens (including phenoxy) is 2. The van der Waals surface area contributed by atoms with Crippen LogP contribution in [0.1, 0.15) is 22.8 Å². The van der Waals surface area contributed by atoms with Gasteiger partial charge in [-0.2, -0.15) is 37.2 Å². The van der Waals surface area contributed by atoms with E-state index in [2.05, 4.69) is 61.1 Å². The van der Waals surface area contributed by atoms with Crippen LogP contribution in [0.15, 0.2) is 238 Å². The number of anilines is 12. The molecule has 38 nitrogen and oxygen atoms in total. The lowest BCUT2D eigenvalue weighted by atomic mass is 10.3. The molecule has 146 heavy (non-hydrogen) atoms. The number of aromatic nitrogens is 8. The molecule has 784 valence electrons. The predicted molar refractivity (Wildman–Crippen MR) is 558 cm³/mol. The Labute approximate surface area is 851 Å². The summed E-state index contributed by atoms with van der Waals surface area (Å²) >= 11 is 0. The van der Waals surface area contributed by atoms with E-state index in [1.54, 1.807) is 121 Å². The molecular weight excluding hydrogens is 1970 g/mol. The van der Waals surface area contributed by atoms with Gasteiger partial charge in [0.25, 0.3) is 0 Å². The number of sulfonamides is 4. The van der Waals surface area contributed by atoms with E-state index in [4.69, 9.17) is 19.7 Å². The van der Waals surface area contributed by atoms with Crippen molar-refractivity contribution in [3.8, 4) is 23.0 Å². The zero-order valence-corrected chi connectivity index (χ0v) is 87.0. The number of phenols is 2. The SMILES string of the molecule is CN(C)CCO.CN(C)CCO.Cc1cc(Nc2ccc(F)cc2)nc(N2CCN(S(=O)(=O)c3ccc(O)cc3)CC2)n1.Cc1cc(Nc2ccc(F)cc2)nc(N2CCN(S(=O)(=O)c3ccc(O)cc3)CC2)n1.Cc1cc(Nc2ccc(F)cc2)nc(N2CCN(S(=O)(=O)c3ccc(OCCN(C)C)cc3)CC2)n1.Cc1cc(Nc2ccc(F)cc2)nc(N2CCN(S(=O)(=O)c3ccc(OCCN(C)C)cc3)CC2)n1. The van der Waals surface area contributed by atoms with Crippen LogP contribution in [0.2, 0.25) is 0 Å². The number of hydrogen-bond donors (Lipinski definition) is 8. The summed E-state index contributed by atoms with van der Waals surface area (Å²) in [5, 5.41) is 47.8. The van der Waals surface area contributed by atoms with Gasteiger partial charge in [0.15, 0.2) is 0 Å². The summed E-state index contributed by atoms with van der Waals surface area (Å²) in [4.78, 5) is 52.8. The fraction of sp³-hybridized carbons (Fsp3) is 0.360. The minimum atomic E-state index is -3.63. The molecule has 0 radical (unpaired) electrons. The van der Waals surface area contributed by atoms with Crippen LogP contribution in [0.5, 0.6) is 23.0 Å². The smallest absolute Gasteiger partial charge is 0.243 e. The molecule has 0 amide bonds. The lowest BCUT2D eigenvalue weighted by Gasteiger charge is -2.34. The van der Waals surface area contributed by atoms with Crippen LogP contribution in [-0.2, 0) is 40.1 Å². The third kappa shape index (κ3) is 34.5. The molecule has 4 fully saturated rings. The number of aromatic hydroxyl groups is 2. The number of rotatable bonds is 32. The monoisotopic (exact) mass is 2090 g/mol. The lowest BCUT2D eigenvalue weighted by Crippen LogP contribution is -2.49. The second-order valence-corrected chi connectivity index (χ2v) is 42.9. The summed E-state index contributed by atoms with van der Waals surface area (Å²) < 4.78 is 174. The Kier molecular flexibility index (Phi) is 41.7. The zero-order chi connectivity index (χ0) is 105. The first-order valence-corrected chi connectivity index (χ1v) is 52.7. The molecule has 46 heteroatoms. The molecule has 8 aromatic carbocycles. The molecule has 4 aromatic heterocycles. The Bertz CT molecular complexity index is 6220. The third-order valence-electron chi connectivity index (χ3n) is 22.5. The highest BCUT2D eigenvalue weighted by atomic mass is 32.2. The van der Waals surface area contributed by atoms with Crippen molar-refractivity contribution in [2.24, 2.45) is 0 Å². The first-order chi connectivity index (χ1) is 69.6. The molecule has 8 heterocycles. The highest BCUT2D eigenvalue weighted by Crippen LogP contribution is 2.32. The van der Waals surface area contributed by atoms with Gasteiger partial charge in [-0.25, -0.2) is 71.2 Å². The van der Waals surface area contributed by atoms with E-state index in [0.29, 0.717) is 199 Å². The summed E-state index contributed by atoms with van der Waals surface area (Å²) in [6.07, 6.45) is 0. The van der Waals surface area contributed by atoms with Gasteiger partial charge in [0, 0.05) is 201 Å². The molecule has 8 N–H and O–H groups in total. The van der Waals surface area contributed by atoms with Crippen LogP contribution in [-0.4, -0.2) is 344 Å². The van der Waals surface area contributed by atoms with Crippen molar-refractivity contribution in [2.45, 2.75) is 47.3 Å². The van der Waals surface area contributed by atoms with E-state index in [0.717, 1.165) is 49.0 Å². The summed E-state index contributed by atoms with van der Waals surface area (Å²) in [6, 6.07) is 55.4. The molecule has 0 unspecified atom stereocenters. The molecule has 16 rings (SSSR count). The van der Waals surface area contributed by atoms with Gasteiger partial charge in [-0.1, -0.05) is 0 Å². The number of nitrogens with one attached hydrogen (secondary N) is 4. The number of piperazine rings is 4. The van der Waals surface area contributed by atoms with Crippen molar-refractivity contribution in [2.75, 3.05) is 255 Å². The minimum absolute atomic E-state index is 0.0189. The molecular formula is C100H128F4N24O14S4. The number of phenolic OH excluding ortho intramolecular Hbond substituents is 2. The van der Waals surface area contributed by atoms with Gasteiger partial charge in [0.1, 0.15) is 82.8 Å². The molecule has 0 bridgehead atoms. The van der Waals surface area contributed by atoms with Crippen LogP contribution in [0.3, 0.4) is 0 Å². The highest BCUT2D eigenvalue weighted by Gasteiger charge is 2.35. The lowest BCUT2D eigenvalue weighted by molar-refractivity contribution is 0.242. The van der Waals surface area contributed by atoms with E-state index in [1.807, 2.05) is 123 Å². The standard InChI is InChI=1S/2C25H31FN6O3S.2C21H22FN5O3S.2C4H11NO/c2*1-19-18-24(28-21-6-4-20(26)5-7-21)29-25(27-19)31-12-14-32(15-13-31)36(33,34)23-10-8-22(9-11-23)35-17-16-30(2)3;2*1-15-14-20(24-17-4-2-16(22)3-5-17)25-21(23-15)26-10-12-27(13-11-26)31(29,30)19-8-6-18(28)7-9-19;2*1-5(2)3-4-6/h2*4-11,18H,12-17H2,1-3H3,(H,27,28,29);2*2-9,14,28H,10-13H2,1H3,(H,23,24,25);2*6H,3-4H2,1-2H3. The van der Waals surface area contributed by atoms with Gasteiger partial charge < -0.3 is 90.4 Å². The largest absolute Gasteiger partial charge is 0.508 e. The molecule has 0 saturated carbocycles. The number of hydrogen-bond acceptors (Lipinski definition) is 34. The van der Waals surface area contributed by atoms with Crippen molar-refractivity contribution in [1.29, 1.82) is 0 Å². The van der Waals surface area contributed by atoms with Crippen molar-refractivity contribution in [3.05, 3.63) is 264 Å². The van der Waals surface area contributed by atoms with Gasteiger partial charge in [-0.15, -0.1) is 0 Å². The third-order valence-corrected chi connectivity index (χ3v) is 30.2. The van der Waals surface area contributed by atoms with E-state index >= 15 is 0 Å². The van der Waals surface area contributed by atoms with E-state index in [1.165, 1.54) is 114 Å². The number of benzene rings is 8. The predicted octanol–water partition coefficient (Wildman–Crippen LogP) is 11.1. The number of aliphatic hydroxyl groups excluding tert-OH is 2. The summed E-state index contributed by atoms with van der Waals surface area (Å²) in [5.74, 6) is 4.47. The number of aliphatic hydroxyl groups is 2. The van der Waals surface area contributed by atoms with E-state index < -0.39 is 40.1 Å². The highest BCUT2D eigenvalue weighted by molar-refractivity contribution is 7.90. The Morgan fingerprint density at radius 2 is 0.473 bits per heavy atom. The van der Waals surface area contributed by atoms with E-state index in [9.17, 15) is 61.4 Å². The van der Waals surface area contributed by atoms with Gasteiger partial charge in [-0.3, -0.25) is 0 Å². The molecule has 4 aliphatic rings. The average molecular weight is 2090 g/mol. The maximum absolute atomic E-state index is 13.2. The van der Waals surface area contributed by atoms with Crippen LogP contribution < -0.4 is 50.3 Å². The Morgan fingerprint density at radius 1 is 0.281 bits per heavy atom. The Balaban J connectivity index is 0.000000178. The van der Waals surface area contributed by atoms with Crippen molar-refractivity contribution >= 4 is 110 Å². The quantitative estimate of drug-likeness (QED) is 0.0182. The van der Waals surface area contributed by atoms with Gasteiger partial charge in [0.2, 0.25) is 63.9 Å². The number of nitrogens with zero attached hydrogens (tertiary/aromatic N) is 20. The molecule has 0 spiro atoms. The van der Waals surface area contributed by atoms with Crippen molar-refractivity contribution in [3.63, 3.8) is 0 Å². The second-order valence-electron chi connectivity index (χ2n) is 35.2. The number of halogens is 4. The topological polar surface area (TPSA) is 426 Å². The zero-order valence-electron chi connectivity index (χ0n) is 83.7. The maximum atomic E-state index is 13.2.